The summed E-state index contributed by atoms with van der Waals surface area (Å²) in [6, 6.07) is 0. The molecule has 0 saturated carbocycles. The molecule has 0 aromatic carbocycles. The normalized spacial score (nSPS) is 22.7. The molecule has 0 spiro atoms. The molecule has 1 atom stereocenters. The maximum Gasteiger partial charge on any atom is 0.345 e. The summed E-state index contributed by atoms with van der Waals surface area (Å²) in [5.74, 6) is -1.43. The number of hydrogen-bond acceptors (Lipinski definition) is 2. The average molecular weight is 174 g/mol. The molecule has 1 aliphatic heterocycles. The Bertz CT molecular complexity index is 220. The molecule has 1 unspecified atom stereocenters. The molecule has 4 heteroatoms. The Kier molecular flexibility index (Phi) is 2.47. The van der Waals surface area contributed by atoms with Crippen LogP contribution in [0.15, 0.2) is 11.6 Å². The van der Waals surface area contributed by atoms with Crippen LogP contribution in [0, 0.1) is 0 Å². The molecule has 0 bridgehead atoms. The Labute approximate surface area is 69.8 Å². The van der Waals surface area contributed by atoms with E-state index in [-0.39, 0.29) is 0 Å². The minimum absolute atomic E-state index is 0.307. The van der Waals surface area contributed by atoms with Crippen molar-refractivity contribution in [2.45, 2.75) is 19.0 Å². The smallest absolute Gasteiger partial charge is 0.345 e. The molecule has 0 fully saturated rings. The van der Waals surface area contributed by atoms with Crippen LogP contribution < -0.4 is 0 Å². The van der Waals surface area contributed by atoms with Crippen LogP contribution >= 0.6 is 0 Å². The minimum atomic E-state index is -2.23. The van der Waals surface area contributed by atoms with Gasteiger partial charge in [0.05, 0.1) is 13.2 Å². The summed E-state index contributed by atoms with van der Waals surface area (Å²) in [5.41, 5.74) is -1.93. The monoisotopic (exact) mass is 174 g/mol. The van der Waals surface area contributed by atoms with Crippen LogP contribution in [0.5, 0.6) is 0 Å². The molecule has 0 amide bonds. The minimum Gasteiger partial charge on any atom is -0.479 e. The van der Waals surface area contributed by atoms with Crippen LogP contribution in [-0.2, 0) is 9.53 Å². The lowest BCUT2D eigenvalue weighted by Gasteiger charge is -2.22. The highest BCUT2D eigenvalue weighted by Crippen LogP contribution is 2.26. The van der Waals surface area contributed by atoms with Gasteiger partial charge in [-0.25, -0.2) is 9.18 Å². The number of halogens is 1. The van der Waals surface area contributed by atoms with E-state index >= 15 is 0 Å². The number of alkyl halides is 1. The molecule has 1 aliphatic rings. The summed E-state index contributed by atoms with van der Waals surface area (Å²) < 4.78 is 18.3. The van der Waals surface area contributed by atoms with Crippen LogP contribution in [0.3, 0.4) is 0 Å². The second-order valence-corrected chi connectivity index (χ2v) is 2.86. The molecule has 0 aromatic rings. The van der Waals surface area contributed by atoms with E-state index in [1.165, 1.54) is 6.08 Å². The Balaban J connectivity index is 2.79. The molecule has 0 aromatic heterocycles. The van der Waals surface area contributed by atoms with Crippen molar-refractivity contribution in [3.8, 4) is 0 Å². The van der Waals surface area contributed by atoms with Crippen molar-refractivity contribution in [3.05, 3.63) is 11.6 Å². The quantitative estimate of drug-likeness (QED) is 0.638. The van der Waals surface area contributed by atoms with Gasteiger partial charge in [-0.1, -0.05) is 6.08 Å². The number of aliphatic carboxylic acids is 1. The predicted octanol–water partition coefficient (Wildman–Crippen LogP) is 1.15. The molecule has 0 radical (unpaired) electrons. The molecular formula is C8H11FO3. The van der Waals surface area contributed by atoms with Gasteiger partial charge in [0.25, 0.3) is 0 Å². The standard InChI is InChI=1S/C8H11FO3/c1-8(9,7(10)11)6-2-4-12-5-3-6/h2H,3-5H2,1H3,(H,10,11). The van der Waals surface area contributed by atoms with Gasteiger partial charge in [-0.2, -0.15) is 0 Å². The summed E-state index contributed by atoms with van der Waals surface area (Å²) in [7, 11) is 0. The summed E-state index contributed by atoms with van der Waals surface area (Å²) in [4.78, 5) is 10.5. The molecule has 1 N–H and O–H groups in total. The number of ether oxygens (including phenoxy) is 1. The van der Waals surface area contributed by atoms with E-state index in [4.69, 9.17) is 9.84 Å². The fourth-order valence-electron chi connectivity index (χ4n) is 1.09. The first-order valence-electron chi connectivity index (χ1n) is 3.74. The van der Waals surface area contributed by atoms with Gasteiger partial charge in [0, 0.05) is 0 Å². The van der Waals surface area contributed by atoms with E-state index in [1.807, 2.05) is 0 Å². The first kappa shape index (κ1) is 9.19. The Morgan fingerprint density at radius 1 is 1.83 bits per heavy atom. The zero-order valence-corrected chi connectivity index (χ0v) is 6.84. The lowest BCUT2D eigenvalue weighted by molar-refractivity contribution is -0.147. The van der Waals surface area contributed by atoms with E-state index in [0.717, 1.165) is 6.92 Å². The van der Waals surface area contributed by atoms with E-state index in [2.05, 4.69) is 0 Å². The molecule has 1 heterocycles. The lowest BCUT2D eigenvalue weighted by atomic mass is 9.94. The topological polar surface area (TPSA) is 46.5 Å². The van der Waals surface area contributed by atoms with E-state index in [0.29, 0.717) is 25.2 Å². The third-order valence-corrected chi connectivity index (χ3v) is 1.97. The van der Waals surface area contributed by atoms with Gasteiger partial charge in [0.2, 0.25) is 5.67 Å². The summed E-state index contributed by atoms with van der Waals surface area (Å²) in [5, 5.41) is 8.54. The molecule has 0 aliphatic carbocycles. The molecule has 1 rings (SSSR count). The van der Waals surface area contributed by atoms with Crippen molar-refractivity contribution >= 4 is 5.97 Å². The van der Waals surface area contributed by atoms with Gasteiger partial charge in [-0.15, -0.1) is 0 Å². The van der Waals surface area contributed by atoms with Crippen LogP contribution in [0.1, 0.15) is 13.3 Å². The highest BCUT2D eigenvalue weighted by Gasteiger charge is 2.37. The lowest BCUT2D eigenvalue weighted by Crippen LogP contribution is -2.34. The first-order chi connectivity index (χ1) is 5.55. The fourth-order valence-corrected chi connectivity index (χ4v) is 1.09. The van der Waals surface area contributed by atoms with Gasteiger partial charge in [-0.3, -0.25) is 0 Å². The van der Waals surface area contributed by atoms with Gasteiger partial charge in [-0.05, 0) is 18.9 Å². The van der Waals surface area contributed by atoms with Crippen molar-refractivity contribution in [3.63, 3.8) is 0 Å². The van der Waals surface area contributed by atoms with Crippen LogP contribution in [0.4, 0.5) is 4.39 Å². The number of hydrogen-bond donors (Lipinski definition) is 1. The Morgan fingerprint density at radius 3 is 2.92 bits per heavy atom. The number of carboxylic acids is 1. The van der Waals surface area contributed by atoms with Crippen molar-refractivity contribution in [2.24, 2.45) is 0 Å². The highest BCUT2D eigenvalue weighted by atomic mass is 19.1. The highest BCUT2D eigenvalue weighted by molar-refractivity contribution is 5.81. The van der Waals surface area contributed by atoms with Crippen LogP contribution in [0.25, 0.3) is 0 Å². The van der Waals surface area contributed by atoms with Gasteiger partial charge < -0.3 is 9.84 Å². The van der Waals surface area contributed by atoms with E-state index in [9.17, 15) is 9.18 Å². The molecule has 0 saturated heterocycles. The summed E-state index contributed by atoms with van der Waals surface area (Å²) >= 11 is 0. The Hall–Kier alpha value is -0.900. The maximum absolute atomic E-state index is 13.4. The van der Waals surface area contributed by atoms with Gasteiger partial charge >= 0.3 is 5.97 Å². The number of carbonyl (C=O) groups is 1. The average Bonchev–Trinajstić information content (AvgIpc) is 2.06. The first-order valence-corrected chi connectivity index (χ1v) is 3.74. The predicted molar refractivity (Wildman–Crippen MR) is 40.7 cm³/mol. The van der Waals surface area contributed by atoms with Crippen LogP contribution in [0.2, 0.25) is 0 Å². The molecule has 3 nitrogen and oxygen atoms in total. The third-order valence-electron chi connectivity index (χ3n) is 1.97. The van der Waals surface area contributed by atoms with Crippen molar-refractivity contribution < 1.29 is 19.0 Å². The van der Waals surface area contributed by atoms with E-state index in [1.54, 1.807) is 0 Å². The van der Waals surface area contributed by atoms with E-state index < -0.39 is 11.6 Å². The number of rotatable bonds is 2. The third kappa shape index (κ3) is 1.64. The zero-order valence-electron chi connectivity index (χ0n) is 6.84. The largest absolute Gasteiger partial charge is 0.479 e. The maximum atomic E-state index is 13.4. The Morgan fingerprint density at radius 2 is 2.50 bits per heavy atom. The fraction of sp³-hybridized carbons (Fsp3) is 0.625. The number of carboxylic acid groups (broad SMARTS) is 1. The van der Waals surface area contributed by atoms with Crippen molar-refractivity contribution in [1.29, 1.82) is 0 Å². The molecule has 12 heavy (non-hydrogen) atoms. The van der Waals surface area contributed by atoms with Crippen molar-refractivity contribution in [2.75, 3.05) is 13.2 Å². The second-order valence-electron chi connectivity index (χ2n) is 2.86. The summed E-state index contributed by atoms with van der Waals surface area (Å²) in [6.45, 7) is 1.77. The van der Waals surface area contributed by atoms with Gasteiger partial charge in [0.15, 0.2) is 0 Å². The zero-order chi connectivity index (χ0) is 9.19. The SMILES string of the molecule is CC(F)(C(=O)O)C1=CCOCC1. The van der Waals surface area contributed by atoms with Gasteiger partial charge in [0.1, 0.15) is 0 Å². The molecular weight excluding hydrogens is 163 g/mol. The van der Waals surface area contributed by atoms with Crippen LogP contribution in [-0.4, -0.2) is 30.0 Å². The second kappa shape index (κ2) is 3.23. The summed E-state index contributed by atoms with van der Waals surface area (Å²) in [6.07, 6.45) is 1.86. The van der Waals surface area contributed by atoms with Crippen molar-refractivity contribution in [1.82, 2.24) is 0 Å². The molecule has 68 valence electrons.